The summed E-state index contributed by atoms with van der Waals surface area (Å²) < 4.78 is 152. The zero-order chi connectivity index (χ0) is 92.1. The summed E-state index contributed by atoms with van der Waals surface area (Å²) in [4.78, 5) is 0. The van der Waals surface area contributed by atoms with Gasteiger partial charge in [-0.15, -0.1) is 0 Å². The molecular formula is C109H122F12. The SMILES string of the molecule is C=Cc1c(F)cc(C)cc1F.C=Cc1ccc(C)cc1.C=Cc1ccc(C)cc1F.Cc1cc(C)c(C)c(C)c1.Cc1cc(F)c(C)c(F)c1.Cc1cc(F)c(C)c(F)c1.Cc1cc(F)c(C)c(F)c1.Cc1ccc(C)c(F)c1.Cc1ccc(C)c(F)c1.Cc1ccc(C)c(F)c1.Cc1ccc(C)cc1.Cc1ccc(C)cc1.Cc1ccc(C)cc1. The van der Waals surface area contributed by atoms with Crippen LogP contribution in [0, 0.1) is 243 Å². The maximum absolute atomic E-state index is 12.8. The van der Waals surface area contributed by atoms with E-state index in [2.05, 4.69) is 205 Å². The quantitative estimate of drug-likeness (QED) is 0.155. The highest BCUT2D eigenvalue weighted by atomic mass is 19.2. The summed E-state index contributed by atoms with van der Waals surface area (Å²) in [6.45, 7) is 57.4. The third kappa shape index (κ3) is 44.2. The van der Waals surface area contributed by atoms with E-state index in [-0.39, 0.29) is 45.5 Å². The fourth-order valence-corrected chi connectivity index (χ4v) is 9.98. The van der Waals surface area contributed by atoms with E-state index in [0.29, 0.717) is 44.5 Å². The standard InChI is InChI=1S/C10H14.C9H8F2.C9H9F.C9H10.3C8H8F2.3C8H9F.3C8H10/c1-7-5-8(2)10(4)9(3)6-7;1-3-7-8(10)4-6(2)5-9(7)11;1-3-8-5-4-7(2)6-9(8)10;1-3-9-6-4-8(2)5-7-9;3*1-5-3-7(9)6(2)8(10)4-5;3*1-6-3-4-7(2)8(9)5-6;3*1-7-3-5-8(2)6-4-7/h5-6H,1-4H3;3-5H,1H2,2H3;3-6H,1H2,2H3;3-7H,1H2,2H3;3*3-4H,1-2H3;3*3-5H,1-2H3;3*3-6H,1-2H3. The number of halogens is 12. The minimum Gasteiger partial charge on any atom is -0.207 e. The van der Waals surface area contributed by atoms with Gasteiger partial charge in [0.15, 0.2) is 0 Å². The second kappa shape index (κ2) is 55.9. The van der Waals surface area contributed by atoms with Crippen LogP contribution in [-0.2, 0) is 0 Å². The molecule has 0 amide bonds. The van der Waals surface area contributed by atoms with E-state index < -0.39 is 46.5 Å². The lowest BCUT2D eigenvalue weighted by atomic mass is 10.0. The Morgan fingerprint density at radius 3 is 0.545 bits per heavy atom. The van der Waals surface area contributed by atoms with Crippen molar-refractivity contribution < 1.29 is 52.7 Å². The van der Waals surface area contributed by atoms with Gasteiger partial charge >= 0.3 is 0 Å². The molecule has 13 aromatic rings. The lowest BCUT2D eigenvalue weighted by molar-refractivity contribution is 0.565. The van der Waals surface area contributed by atoms with Crippen LogP contribution in [0.4, 0.5) is 52.7 Å². The van der Waals surface area contributed by atoms with Crippen LogP contribution in [0.2, 0.25) is 0 Å². The molecule has 642 valence electrons. The molecule has 0 saturated heterocycles. The molecule has 0 bridgehead atoms. The minimum atomic E-state index is -0.558. The van der Waals surface area contributed by atoms with Crippen LogP contribution < -0.4 is 0 Å². The predicted molar refractivity (Wildman–Crippen MR) is 492 cm³/mol. The Bertz CT molecular complexity index is 4720. The summed E-state index contributed by atoms with van der Waals surface area (Å²) in [6.07, 6.45) is 4.53. The van der Waals surface area contributed by atoms with Gasteiger partial charge in [-0.3, -0.25) is 0 Å². The van der Waals surface area contributed by atoms with E-state index in [9.17, 15) is 52.7 Å². The number of aryl methyl sites for hydroxylation is 21. The van der Waals surface area contributed by atoms with Crippen LogP contribution in [0.5, 0.6) is 0 Å². The molecule has 13 aromatic carbocycles. The van der Waals surface area contributed by atoms with Gasteiger partial charge in [-0.05, 0) is 329 Å². The van der Waals surface area contributed by atoms with Crippen molar-refractivity contribution in [3.05, 3.63) is 476 Å². The number of rotatable bonds is 3. The van der Waals surface area contributed by atoms with Crippen LogP contribution in [0.1, 0.15) is 156 Å². The Hall–Kier alpha value is -11.8. The first-order valence-corrected chi connectivity index (χ1v) is 39.4. The van der Waals surface area contributed by atoms with Crippen LogP contribution >= 0.6 is 0 Å². The van der Waals surface area contributed by atoms with E-state index >= 15 is 0 Å². The third-order valence-corrected chi connectivity index (χ3v) is 18.1. The maximum Gasteiger partial charge on any atom is 0.133 e. The number of hydrogen-bond acceptors (Lipinski definition) is 0. The molecule has 0 unspecified atom stereocenters. The molecule has 121 heavy (non-hydrogen) atoms. The van der Waals surface area contributed by atoms with Crippen molar-refractivity contribution in [1.29, 1.82) is 0 Å². The van der Waals surface area contributed by atoms with Gasteiger partial charge in [0, 0.05) is 27.8 Å². The highest BCUT2D eigenvalue weighted by Crippen LogP contribution is 2.20. The maximum atomic E-state index is 12.8. The van der Waals surface area contributed by atoms with Gasteiger partial charge in [-0.2, -0.15) is 0 Å². The summed E-state index contributed by atoms with van der Waals surface area (Å²) in [6, 6.07) is 69.4. The average molecular weight is 1660 g/mol. The molecule has 0 aromatic heterocycles. The Morgan fingerprint density at radius 1 is 0.157 bits per heavy atom. The van der Waals surface area contributed by atoms with Crippen molar-refractivity contribution in [2.45, 2.75) is 173 Å². The van der Waals surface area contributed by atoms with E-state index in [1.165, 1.54) is 172 Å². The van der Waals surface area contributed by atoms with Gasteiger partial charge < -0.3 is 0 Å². The highest BCUT2D eigenvalue weighted by Gasteiger charge is 2.08. The molecule has 0 fully saturated rings. The van der Waals surface area contributed by atoms with Crippen molar-refractivity contribution >= 4 is 18.2 Å². The van der Waals surface area contributed by atoms with Crippen molar-refractivity contribution in [1.82, 2.24) is 0 Å². The molecule has 0 radical (unpaired) electrons. The van der Waals surface area contributed by atoms with Gasteiger partial charge in [-0.25, -0.2) is 52.7 Å². The fraction of sp³-hybridized carbons (Fsp3) is 0.229. The zero-order valence-corrected chi connectivity index (χ0v) is 75.3. The highest BCUT2D eigenvalue weighted by molar-refractivity contribution is 5.50. The summed E-state index contributed by atoms with van der Waals surface area (Å²) in [5.74, 6) is -4.51. The lowest BCUT2D eigenvalue weighted by Crippen LogP contribution is -1.89. The van der Waals surface area contributed by atoms with Crippen molar-refractivity contribution in [3.8, 4) is 0 Å². The van der Waals surface area contributed by atoms with Crippen LogP contribution in [-0.4, -0.2) is 0 Å². The zero-order valence-electron chi connectivity index (χ0n) is 75.3. The fourth-order valence-electron chi connectivity index (χ4n) is 9.98. The second-order valence-electron chi connectivity index (χ2n) is 30.0. The topological polar surface area (TPSA) is 0 Å². The van der Waals surface area contributed by atoms with Crippen LogP contribution in [0.3, 0.4) is 0 Å². The molecule has 0 N–H and O–H groups in total. The first-order chi connectivity index (χ1) is 56.6. The van der Waals surface area contributed by atoms with E-state index in [1.54, 1.807) is 72.7 Å². The number of hydrogen-bond donors (Lipinski definition) is 0. The molecular weight excluding hydrogens is 1540 g/mol. The third-order valence-electron chi connectivity index (χ3n) is 18.1. The Labute approximate surface area is 715 Å². The normalized spacial score (nSPS) is 9.63. The molecule has 0 nitrogen and oxygen atoms in total. The predicted octanol–water partition coefficient (Wildman–Crippen LogP) is 33.2. The number of benzene rings is 13. The van der Waals surface area contributed by atoms with Crippen LogP contribution in [0.25, 0.3) is 18.2 Å². The summed E-state index contributed by atoms with van der Waals surface area (Å²) >= 11 is 0. The molecule has 13 rings (SSSR count). The van der Waals surface area contributed by atoms with Gasteiger partial charge in [0.25, 0.3) is 0 Å². The monoisotopic (exact) mass is 1660 g/mol. The second-order valence-corrected chi connectivity index (χ2v) is 30.0. The van der Waals surface area contributed by atoms with Gasteiger partial charge in [0.05, 0.1) is 0 Å². The lowest BCUT2D eigenvalue weighted by Gasteiger charge is -2.04. The summed E-state index contributed by atoms with van der Waals surface area (Å²) in [7, 11) is 0. The van der Waals surface area contributed by atoms with Crippen molar-refractivity contribution in [3.63, 3.8) is 0 Å². The average Bonchev–Trinajstić information content (AvgIpc) is 0.873. The largest absolute Gasteiger partial charge is 0.207 e. The van der Waals surface area contributed by atoms with Crippen molar-refractivity contribution in [2.75, 3.05) is 0 Å². The summed E-state index contributed by atoms with van der Waals surface area (Å²) in [5.41, 5.74) is 25.2. The summed E-state index contributed by atoms with van der Waals surface area (Å²) in [5, 5.41) is 0. The molecule has 0 heterocycles. The molecule has 0 aliphatic carbocycles. The molecule has 0 aliphatic heterocycles. The van der Waals surface area contributed by atoms with Gasteiger partial charge in [0.1, 0.15) is 69.8 Å². The van der Waals surface area contributed by atoms with Crippen LogP contribution in [0.15, 0.2) is 250 Å². The molecule has 12 heteroatoms. The minimum absolute atomic E-state index is 0.0596. The smallest absolute Gasteiger partial charge is 0.133 e. The van der Waals surface area contributed by atoms with E-state index in [4.69, 9.17) is 0 Å². The molecule has 0 atom stereocenters. The Morgan fingerprint density at radius 2 is 0.347 bits per heavy atom. The van der Waals surface area contributed by atoms with E-state index in [1.807, 2.05) is 58.0 Å². The first kappa shape index (κ1) is 107. The van der Waals surface area contributed by atoms with E-state index in [0.717, 1.165) is 22.3 Å². The molecule has 0 saturated carbocycles. The molecule has 0 spiro atoms. The first-order valence-electron chi connectivity index (χ1n) is 39.4. The van der Waals surface area contributed by atoms with Gasteiger partial charge in [-0.1, -0.05) is 240 Å². The Kier molecular flexibility index (Phi) is 49.5. The van der Waals surface area contributed by atoms with Crippen molar-refractivity contribution in [2.24, 2.45) is 0 Å². The van der Waals surface area contributed by atoms with Gasteiger partial charge in [0.2, 0.25) is 0 Å². The Balaban J connectivity index is 0.000000656. The molecule has 0 aliphatic rings.